The van der Waals surface area contributed by atoms with Gasteiger partial charge in [-0.05, 0) is 0 Å². The average molecular weight is 141 g/mol. The summed E-state index contributed by atoms with van der Waals surface area (Å²) in [7, 11) is 0. The number of rotatable bonds is 0. The summed E-state index contributed by atoms with van der Waals surface area (Å²) in [6.45, 7) is 3.17. The number of hydrogen-bond donors (Lipinski definition) is 0. The molecule has 1 fully saturated rings. The third kappa shape index (κ3) is 4.02. The molecule has 0 aromatic rings. The van der Waals surface area contributed by atoms with Crippen LogP contribution in [0, 0.1) is 24.3 Å². The molecule has 0 saturated carbocycles. The minimum atomic E-state index is 0. The first-order valence-electron chi connectivity index (χ1n) is 3.18. The van der Waals surface area contributed by atoms with Crippen molar-refractivity contribution in [1.82, 2.24) is 4.90 Å². The van der Waals surface area contributed by atoms with Gasteiger partial charge in [0.15, 0.2) is 0 Å². The monoisotopic (exact) mass is 141 g/mol. The Morgan fingerprint density at radius 1 is 1.27 bits per heavy atom. The molecule has 0 amide bonds. The molecule has 1 aliphatic heterocycles. The molecule has 0 aromatic carbocycles. The summed E-state index contributed by atoms with van der Waals surface area (Å²) in [5.74, 6) is 4.48. The smallest absolute Gasteiger partial charge is 0.378 e. The van der Waals surface area contributed by atoms with Gasteiger partial charge in [0, 0.05) is 13.1 Å². The van der Waals surface area contributed by atoms with Crippen LogP contribution >= 0.6 is 0 Å². The van der Waals surface area contributed by atoms with E-state index < -0.39 is 0 Å². The maximum absolute atomic E-state index is 6.54. The molecule has 0 bridgehead atoms. The van der Waals surface area contributed by atoms with Gasteiger partial charge in [-0.25, -0.2) is 5.92 Å². The molecule has 0 N–H and O–H groups in total. The van der Waals surface area contributed by atoms with Gasteiger partial charge in [-0.1, -0.05) is 0 Å². The van der Waals surface area contributed by atoms with Gasteiger partial charge in [0.05, 0.1) is 13.2 Å². The van der Waals surface area contributed by atoms with E-state index in [1.54, 1.807) is 0 Å². The van der Waals surface area contributed by atoms with E-state index in [0.717, 1.165) is 26.3 Å². The fourth-order valence-corrected chi connectivity index (χ4v) is 0.782. The fraction of sp³-hybridized carbons (Fsp3) is 0.500. The molecule has 1 aliphatic rings. The van der Waals surface area contributed by atoms with Crippen LogP contribution in [0.15, 0.2) is 0 Å². The van der Waals surface area contributed by atoms with Gasteiger partial charge in [0.1, 0.15) is 0 Å². The van der Waals surface area contributed by atoms with Gasteiger partial charge in [0.25, 0.3) is 0 Å². The normalized spacial score (nSPS) is 15.4. The number of morpholine rings is 1. The van der Waals surface area contributed by atoms with E-state index in [1.807, 2.05) is 10.8 Å². The Morgan fingerprint density at radius 3 is 2.45 bits per heavy atom. The first-order valence-corrected chi connectivity index (χ1v) is 3.18. The van der Waals surface area contributed by atoms with E-state index >= 15 is 0 Å². The Kier molecular flexibility index (Phi) is 5.91. The molecule has 0 radical (unpaired) electrons. The maximum atomic E-state index is 6.54. The Hall–Kier alpha value is -0.523. The van der Waals surface area contributed by atoms with Crippen LogP contribution in [-0.2, 0) is 4.74 Å². The van der Waals surface area contributed by atoms with Crippen LogP contribution < -0.4 is 18.9 Å². The predicted octanol–water partition coefficient (Wildman–Crippen LogP) is -3.13. The summed E-state index contributed by atoms with van der Waals surface area (Å²) in [6, 6.07) is 2.78. The van der Waals surface area contributed by atoms with Crippen molar-refractivity contribution in [2.45, 2.75) is 0 Å². The molecule has 1 rings (SSSR count). The first kappa shape index (κ1) is 10.5. The van der Waals surface area contributed by atoms with E-state index in [-0.39, 0.29) is 18.9 Å². The zero-order valence-corrected chi connectivity index (χ0v) is 6.68. The van der Waals surface area contributed by atoms with Gasteiger partial charge in [-0.2, -0.15) is 0 Å². The summed E-state index contributed by atoms with van der Waals surface area (Å²) in [4.78, 5) is 1.94. The molecule has 1 heterocycles. The van der Waals surface area contributed by atoms with Crippen molar-refractivity contribution < 1.29 is 23.6 Å². The van der Waals surface area contributed by atoms with Crippen LogP contribution in [0.25, 0.3) is 0 Å². The molecule has 0 aromatic heterocycles. The standard InChI is InChI=1S/C8H8NO.Li/c1-2-3-4-9-5-7-10-8-6-9;/h5-8H2;/q-1;+1. The number of ether oxygens (including phenoxy) is 1. The van der Waals surface area contributed by atoms with Crippen LogP contribution in [0.4, 0.5) is 0 Å². The van der Waals surface area contributed by atoms with E-state index in [9.17, 15) is 0 Å². The quantitative estimate of drug-likeness (QED) is 0.201. The van der Waals surface area contributed by atoms with Crippen LogP contribution in [0.2, 0.25) is 0 Å². The van der Waals surface area contributed by atoms with Crippen molar-refractivity contribution in [1.29, 1.82) is 0 Å². The Morgan fingerprint density at radius 2 is 1.91 bits per heavy atom. The molecule has 52 valence electrons. The second kappa shape index (κ2) is 6.20. The van der Waals surface area contributed by atoms with E-state index in [2.05, 4.69) is 12.0 Å². The second-order valence-corrected chi connectivity index (χ2v) is 1.96. The number of hydrogen-bond acceptors (Lipinski definition) is 2. The summed E-state index contributed by atoms with van der Waals surface area (Å²) in [5.41, 5.74) is 0. The van der Waals surface area contributed by atoms with Crippen LogP contribution in [0.5, 0.6) is 0 Å². The molecule has 1 saturated heterocycles. The van der Waals surface area contributed by atoms with Crippen molar-refractivity contribution in [3.8, 4) is 17.9 Å². The van der Waals surface area contributed by atoms with Gasteiger partial charge in [0.2, 0.25) is 0 Å². The zero-order valence-electron chi connectivity index (χ0n) is 6.68. The van der Waals surface area contributed by atoms with Crippen molar-refractivity contribution >= 4 is 0 Å². The van der Waals surface area contributed by atoms with Gasteiger partial charge in [-0.15, -0.1) is 6.04 Å². The van der Waals surface area contributed by atoms with E-state index in [1.165, 1.54) is 0 Å². The Balaban J connectivity index is 0.000001000. The molecular formula is C8H8LiNO. The third-order valence-electron chi connectivity index (χ3n) is 1.29. The van der Waals surface area contributed by atoms with Crippen LogP contribution in [0.3, 0.4) is 0 Å². The minimum absolute atomic E-state index is 0. The largest absolute Gasteiger partial charge is 1.00 e. The molecule has 0 aliphatic carbocycles. The van der Waals surface area contributed by atoms with Gasteiger partial charge in [-0.3, -0.25) is 5.92 Å². The zero-order chi connectivity index (χ0) is 7.23. The summed E-state index contributed by atoms with van der Waals surface area (Å²) < 4.78 is 5.10. The Bertz CT molecular complexity index is 192. The summed E-state index contributed by atoms with van der Waals surface area (Å²) in [5, 5.41) is 0. The molecule has 0 unspecified atom stereocenters. The fourth-order valence-electron chi connectivity index (χ4n) is 0.782. The van der Waals surface area contributed by atoms with E-state index in [4.69, 9.17) is 11.2 Å². The second-order valence-electron chi connectivity index (χ2n) is 1.96. The molecule has 0 atom stereocenters. The molecule has 3 heteroatoms. The van der Waals surface area contributed by atoms with Crippen molar-refractivity contribution in [2.75, 3.05) is 26.3 Å². The third-order valence-corrected chi connectivity index (χ3v) is 1.29. The Labute approximate surface area is 79.5 Å². The predicted molar refractivity (Wildman–Crippen MR) is 37.3 cm³/mol. The first-order chi connectivity index (χ1) is 4.93. The van der Waals surface area contributed by atoms with Gasteiger partial charge >= 0.3 is 18.9 Å². The van der Waals surface area contributed by atoms with Crippen molar-refractivity contribution in [3.63, 3.8) is 0 Å². The SMILES string of the molecule is [C-]#CC#CN1CCOCC1.[Li+]. The van der Waals surface area contributed by atoms with Crippen LogP contribution in [-0.4, -0.2) is 31.2 Å². The van der Waals surface area contributed by atoms with Crippen molar-refractivity contribution in [2.24, 2.45) is 0 Å². The molecule has 2 nitrogen and oxygen atoms in total. The molecule has 11 heavy (non-hydrogen) atoms. The maximum Gasteiger partial charge on any atom is 1.00 e. The number of nitrogens with zero attached hydrogens (tertiary/aromatic N) is 1. The minimum Gasteiger partial charge on any atom is -0.378 e. The van der Waals surface area contributed by atoms with Gasteiger partial charge < -0.3 is 16.1 Å². The van der Waals surface area contributed by atoms with Crippen molar-refractivity contribution in [3.05, 3.63) is 6.42 Å². The van der Waals surface area contributed by atoms with E-state index in [0.29, 0.717) is 0 Å². The topological polar surface area (TPSA) is 12.5 Å². The summed E-state index contributed by atoms with van der Waals surface area (Å²) in [6.07, 6.45) is 6.54. The average Bonchev–Trinajstić information content (AvgIpc) is 2.03. The molecular weight excluding hydrogens is 133 g/mol. The summed E-state index contributed by atoms with van der Waals surface area (Å²) >= 11 is 0. The molecule has 0 spiro atoms. The van der Waals surface area contributed by atoms with Crippen LogP contribution in [0.1, 0.15) is 0 Å².